The number of amides is 1. The van der Waals surface area contributed by atoms with E-state index in [1.807, 2.05) is 63.2 Å². The van der Waals surface area contributed by atoms with Crippen LogP contribution in [-0.2, 0) is 20.9 Å². The molecule has 0 spiro atoms. The van der Waals surface area contributed by atoms with E-state index in [2.05, 4.69) is 19.2 Å². The molecule has 1 atom stereocenters. The summed E-state index contributed by atoms with van der Waals surface area (Å²) >= 11 is 0. The van der Waals surface area contributed by atoms with Crippen molar-refractivity contribution in [3.05, 3.63) is 59.2 Å². The summed E-state index contributed by atoms with van der Waals surface area (Å²) in [4.78, 5) is 26.3. The molecule has 2 aromatic carbocycles. The molecule has 0 bridgehead atoms. The van der Waals surface area contributed by atoms with Crippen LogP contribution in [0.15, 0.2) is 42.5 Å². The van der Waals surface area contributed by atoms with E-state index in [1.165, 1.54) is 0 Å². The number of methoxy groups -OCH3 is 1. The molecule has 1 unspecified atom stereocenters. The van der Waals surface area contributed by atoms with Gasteiger partial charge < -0.3 is 0 Å². The van der Waals surface area contributed by atoms with Crippen molar-refractivity contribution in [3.8, 4) is 5.75 Å². The average molecular weight is 460 g/mol. The second-order valence-corrected chi connectivity index (χ2v) is 13.7. The van der Waals surface area contributed by atoms with Gasteiger partial charge in [-0.05, 0) is 0 Å². The van der Waals surface area contributed by atoms with E-state index in [1.54, 1.807) is 7.11 Å². The van der Waals surface area contributed by atoms with E-state index in [-0.39, 0.29) is 24.1 Å². The molecule has 1 N–H and O–H groups in total. The monoisotopic (exact) mass is 459 g/mol. The normalized spacial score (nSPS) is 12.7. The number of carbonyl (C=O) groups is 2. The molecule has 0 aromatic heterocycles. The molecule has 0 aliphatic rings. The van der Waals surface area contributed by atoms with E-state index in [0.717, 1.165) is 40.5 Å². The van der Waals surface area contributed by atoms with Crippen molar-refractivity contribution in [1.82, 2.24) is 0 Å². The topological polar surface area (TPSA) is 64.6 Å². The Hall–Kier alpha value is -2.39. The van der Waals surface area contributed by atoms with E-state index in [0.29, 0.717) is 12.6 Å². The van der Waals surface area contributed by atoms with E-state index < -0.39 is 7.26 Å². The summed E-state index contributed by atoms with van der Waals surface area (Å²) in [6, 6.07) is 13.5. The number of aryl methyl sites for hydroxylation is 2. The van der Waals surface area contributed by atoms with Crippen LogP contribution in [0.25, 0.3) is 0 Å². The van der Waals surface area contributed by atoms with Crippen molar-refractivity contribution in [2.45, 2.75) is 53.3 Å². The summed E-state index contributed by atoms with van der Waals surface area (Å²) in [5.41, 5.74) is 3.57. The van der Waals surface area contributed by atoms with Crippen LogP contribution in [0.5, 0.6) is 5.75 Å². The van der Waals surface area contributed by atoms with Crippen molar-refractivity contribution in [2.24, 2.45) is 0 Å². The number of benzene rings is 2. The number of esters is 1. The van der Waals surface area contributed by atoms with Crippen molar-refractivity contribution in [2.75, 3.05) is 30.9 Å². The minimum absolute atomic E-state index is 0.00935. The van der Waals surface area contributed by atoms with Gasteiger partial charge in [0.05, 0.1) is 0 Å². The van der Waals surface area contributed by atoms with Gasteiger partial charge in [0.15, 0.2) is 0 Å². The van der Waals surface area contributed by atoms with Crippen molar-refractivity contribution < 1.29 is 19.1 Å². The Morgan fingerprint density at radius 2 is 1.59 bits per heavy atom. The van der Waals surface area contributed by atoms with Crippen LogP contribution in [0.2, 0.25) is 0 Å². The van der Waals surface area contributed by atoms with Gasteiger partial charge in [0.1, 0.15) is 0 Å². The van der Waals surface area contributed by atoms with Gasteiger partial charge in [0.25, 0.3) is 0 Å². The molecule has 2 aromatic rings. The first-order valence-electron chi connectivity index (χ1n) is 11.5. The van der Waals surface area contributed by atoms with Gasteiger partial charge in [-0.15, -0.1) is 0 Å². The van der Waals surface area contributed by atoms with Crippen molar-refractivity contribution in [1.29, 1.82) is 0 Å². The van der Waals surface area contributed by atoms with Crippen LogP contribution in [0.3, 0.4) is 0 Å². The van der Waals surface area contributed by atoms with Crippen molar-refractivity contribution in [3.63, 3.8) is 0 Å². The second-order valence-electron chi connectivity index (χ2n) is 8.48. The fourth-order valence-corrected chi connectivity index (χ4v) is 8.94. The van der Waals surface area contributed by atoms with Crippen LogP contribution in [-0.4, -0.2) is 43.1 Å². The van der Waals surface area contributed by atoms with Gasteiger partial charge in [-0.25, -0.2) is 0 Å². The number of ether oxygens (including phenoxy) is 2. The molecule has 0 saturated heterocycles. The quantitative estimate of drug-likeness (QED) is 0.353. The summed E-state index contributed by atoms with van der Waals surface area (Å²) in [5.74, 6) is 0.583. The van der Waals surface area contributed by atoms with Gasteiger partial charge in [-0.2, -0.15) is 0 Å². The Balaban J connectivity index is 2.18. The van der Waals surface area contributed by atoms with Crippen LogP contribution in [0.1, 0.15) is 43.9 Å². The van der Waals surface area contributed by atoms with Crippen LogP contribution in [0, 0.1) is 13.8 Å². The molecule has 0 aliphatic heterocycles. The molecule has 176 valence electrons. The maximum absolute atomic E-state index is 13.5. The second kappa shape index (κ2) is 12.0. The number of nitrogens with one attached hydrogen (secondary N) is 1. The molecule has 32 heavy (non-hydrogen) atoms. The Labute approximate surface area is 193 Å². The molecule has 0 fully saturated rings. The molecular weight excluding hydrogens is 421 g/mol. The zero-order chi connectivity index (χ0) is 23.7. The molecule has 0 heterocycles. The van der Waals surface area contributed by atoms with Gasteiger partial charge in [-0.1, -0.05) is 0 Å². The third-order valence-electron chi connectivity index (χ3n) is 6.60. The van der Waals surface area contributed by atoms with Crippen molar-refractivity contribution >= 4 is 24.8 Å². The molecule has 1 amide bonds. The summed E-state index contributed by atoms with van der Waals surface area (Å²) in [5, 5.41) is 3.17. The standard InChI is InChI=1S/C26H38NO4P/c1-7-23(26(29)27-25-19(4)15-22(30-6)16-20(25)5)32(8-2,9-3)18-24(28)31-17-21-13-11-10-12-14-21/h10-16,23,32H,7-9,17-18H2,1-6H3,(H,27,29). The molecule has 6 heteroatoms. The van der Waals surface area contributed by atoms with E-state index >= 15 is 0 Å². The number of hydrogen-bond donors (Lipinski definition) is 1. The fraction of sp³-hybridized carbons (Fsp3) is 0.462. The van der Waals surface area contributed by atoms with Gasteiger partial charge in [-0.3, -0.25) is 0 Å². The Bertz CT molecular complexity index is 886. The summed E-state index contributed by atoms with van der Waals surface area (Å²) in [6.45, 7) is 10.5. The molecule has 0 radical (unpaired) electrons. The Kier molecular flexibility index (Phi) is 9.71. The molecular formula is C26H38NO4P. The number of anilines is 1. The minimum atomic E-state index is -2.25. The van der Waals surface area contributed by atoms with Crippen LogP contribution in [0.4, 0.5) is 5.69 Å². The van der Waals surface area contributed by atoms with Gasteiger partial charge in [0, 0.05) is 0 Å². The first kappa shape index (κ1) is 25.9. The van der Waals surface area contributed by atoms with Crippen LogP contribution < -0.4 is 10.1 Å². The van der Waals surface area contributed by atoms with E-state index in [9.17, 15) is 9.59 Å². The number of rotatable bonds is 11. The zero-order valence-corrected chi connectivity index (χ0v) is 21.3. The third kappa shape index (κ3) is 6.32. The summed E-state index contributed by atoms with van der Waals surface area (Å²) in [7, 11) is -0.617. The first-order chi connectivity index (χ1) is 15.3. The third-order valence-corrected chi connectivity index (χ3v) is 12.6. The predicted molar refractivity (Wildman–Crippen MR) is 136 cm³/mol. The molecule has 5 nitrogen and oxygen atoms in total. The molecule has 0 aliphatic carbocycles. The Morgan fingerprint density at radius 3 is 2.09 bits per heavy atom. The number of carbonyl (C=O) groups excluding carboxylic acids is 2. The predicted octanol–water partition coefficient (Wildman–Crippen LogP) is 5.56. The van der Waals surface area contributed by atoms with Crippen LogP contribution >= 0.6 is 7.26 Å². The fourth-order valence-electron chi connectivity index (χ4n) is 4.54. The maximum atomic E-state index is 13.5. The SMILES string of the molecule is CCC(C(=O)Nc1c(C)cc(OC)cc1C)[PH](CC)(CC)CC(=O)OCc1ccccc1. The number of hydrogen-bond acceptors (Lipinski definition) is 4. The first-order valence-corrected chi connectivity index (χ1v) is 14.2. The zero-order valence-electron chi connectivity index (χ0n) is 20.3. The molecule has 2 rings (SSSR count). The van der Waals surface area contributed by atoms with E-state index in [4.69, 9.17) is 9.47 Å². The average Bonchev–Trinajstić information content (AvgIpc) is 2.80. The van der Waals surface area contributed by atoms with Gasteiger partial charge >= 0.3 is 193 Å². The summed E-state index contributed by atoms with van der Waals surface area (Å²) in [6.07, 6.45) is 2.78. The molecule has 0 saturated carbocycles. The summed E-state index contributed by atoms with van der Waals surface area (Å²) < 4.78 is 10.9. The van der Waals surface area contributed by atoms with Gasteiger partial charge in [0.2, 0.25) is 0 Å². The Morgan fingerprint density at radius 1 is 1.00 bits per heavy atom.